The standard InChI is InChI=1S/C20H33NO/c1-3-4-5-6-7-8-9-10-11-13-18-14-12-15-19(16-18)17(2)20(21)22/h12,14-17H,3-11,13H2,1-2H3,(H2,21,22). The number of aryl methyl sites for hydroxylation is 1. The highest BCUT2D eigenvalue weighted by atomic mass is 16.1. The zero-order valence-electron chi connectivity index (χ0n) is 14.4. The summed E-state index contributed by atoms with van der Waals surface area (Å²) in [6, 6.07) is 8.33. The number of amides is 1. The number of hydrogen-bond acceptors (Lipinski definition) is 1. The van der Waals surface area contributed by atoms with Gasteiger partial charge in [0.1, 0.15) is 0 Å². The minimum Gasteiger partial charge on any atom is -0.369 e. The Morgan fingerprint density at radius 2 is 1.59 bits per heavy atom. The molecule has 0 aliphatic carbocycles. The minimum absolute atomic E-state index is 0.192. The van der Waals surface area contributed by atoms with Gasteiger partial charge in [-0.1, -0.05) is 82.6 Å². The molecule has 2 heteroatoms. The predicted molar refractivity (Wildman–Crippen MR) is 95.0 cm³/mol. The molecular formula is C20H33NO. The molecule has 0 saturated heterocycles. The topological polar surface area (TPSA) is 43.1 Å². The summed E-state index contributed by atoms with van der Waals surface area (Å²) in [7, 11) is 0. The van der Waals surface area contributed by atoms with Crippen LogP contribution in [-0.4, -0.2) is 5.91 Å². The Labute approximate surface area is 136 Å². The molecule has 1 rings (SSSR count). The highest BCUT2D eigenvalue weighted by molar-refractivity contribution is 5.81. The lowest BCUT2D eigenvalue weighted by Crippen LogP contribution is -2.18. The zero-order valence-corrected chi connectivity index (χ0v) is 14.4. The normalized spacial score (nSPS) is 12.3. The van der Waals surface area contributed by atoms with Gasteiger partial charge in [-0.25, -0.2) is 0 Å². The van der Waals surface area contributed by atoms with Crippen LogP contribution in [0.3, 0.4) is 0 Å². The van der Waals surface area contributed by atoms with Gasteiger partial charge in [0, 0.05) is 0 Å². The molecule has 1 unspecified atom stereocenters. The van der Waals surface area contributed by atoms with Crippen LogP contribution in [0.25, 0.3) is 0 Å². The molecular weight excluding hydrogens is 270 g/mol. The van der Waals surface area contributed by atoms with Gasteiger partial charge in [-0.3, -0.25) is 4.79 Å². The number of unbranched alkanes of at least 4 members (excludes halogenated alkanes) is 8. The fourth-order valence-corrected chi connectivity index (χ4v) is 2.82. The molecule has 0 bridgehead atoms. The van der Waals surface area contributed by atoms with Crippen molar-refractivity contribution in [2.45, 2.75) is 84.0 Å². The molecule has 22 heavy (non-hydrogen) atoms. The Morgan fingerprint density at radius 3 is 2.18 bits per heavy atom. The van der Waals surface area contributed by atoms with Crippen LogP contribution >= 0.6 is 0 Å². The van der Waals surface area contributed by atoms with Gasteiger partial charge in [0.2, 0.25) is 5.91 Å². The van der Waals surface area contributed by atoms with Gasteiger partial charge in [-0.15, -0.1) is 0 Å². The average Bonchev–Trinajstić information content (AvgIpc) is 2.52. The van der Waals surface area contributed by atoms with E-state index in [0.717, 1.165) is 12.0 Å². The number of primary amides is 1. The highest BCUT2D eigenvalue weighted by Crippen LogP contribution is 2.18. The van der Waals surface area contributed by atoms with E-state index in [-0.39, 0.29) is 11.8 Å². The Bertz CT molecular complexity index is 427. The zero-order chi connectivity index (χ0) is 16.2. The molecule has 1 aromatic carbocycles. The second-order valence-corrected chi connectivity index (χ2v) is 6.45. The first kappa shape index (κ1) is 18.7. The molecule has 2 nitrogen and oxygen atoms in total. The first-order valence-corrected chi connectivity index (χ1v) is 9.03. The van der Waals surface area contributed by atoms with Gasteiger partial charge in [-0.05, 0) is 30.9 Å². The van der Waals surface area contributed by atoms with E-state index in [4.69, 9.17) is 5.73 Å². The monoisotopic (exact) mass is 303 g/mol. The summed E-state index contributed by atoms with van der Waals surface area (Å²) in [6.45, 7) is 4.14. The molecule has 1 amide bonds. The third-order valence-electron chi connectivity index (χ3n) is 4.45. The first-order chi connectivity index (χ1) is 10.6. The number of nitrogens with two attached hydrogens (primary N) is 1. The van der Waals surface area contributed by atoms with Crippen molar-refractivity contribution in [3.8, 4) is 0 Å². The van der Waals surface area contributed by atoms with Crippen LogP contribution in [0, 0.1) is 0 Å². The number of carbonyl (C=O) groups is 1. The molecule has 2 N–H and O–H groups in total. The number of carbonyl (C=O) groups excluding carboxylic acids is 1. The predicted octanol–water partition coefficient (Wildman–Crippen LogP) is 5.35. The molecule has 0 saturated carbocycles. The van der Waals surface area contributed by atoms with E-state index in [0.29, 0.717) is 0 Å². The van der Waals surface area contributed by atoms with E-state index in [1.165, 1.54) is 63.4 Å². The SMILES string of the molecule is CCCCCCCCCCCc1cccc(C(C)C(N)=O)c1. The van der Waals surface area contributed by atoms with Crippen LogP contribution in [0.4, 0.5) is 0 Å². The number of rotatable bonds is 12. The smallest absolute Gasteiger partial charge is 0.224 e. The molecule has 1 aromatic rings. The molecule has 0 aromatic heterocycles. The van der Waals surface area contributed by atoms with E-state index in [2.05, 4.69) is 19.1 Å². The van der Waals surface area contributed by atoms with Crippen molar-refractivity contribution < 1.29 is 4.79 Å². The van der Waals surface area contributed by atoms with Crippen LogP contribution < -0.4 is 5.73 Å². The third-order valence-corrected chi connectivity index (χ3v) is 4.45. The van der Waals surface area contributed by atoms with E-state index in [1.807, 2.05) is 19.1 Å². The largest absolute Gasteiger partial charge is 0.369 e. The molecule has 0 aliphatic rings. The summed E-state index contributed by atoms with van der Waals surface area (Å²) in [6.07, 6.45) is 13.3. The lowest BCUT2D eigenvalue weighted by molar-refractivity contribution is -0.119. The summed E-state index contributed by atoms with van der Waals surface area (Å²) in [5.41, 5.74) is 7.75. The maximum atomic E-state index is 11.3. The maximum Gasteiger partial charge on any atom is 0.224 e. The summed E-state index contributed by atoms with van der Waals surface area (Å²) in [5, 5.41) is 0. The van der Waals surface area contributed by atoms with Gasteiger partial charge in [0.05, 0.1) is 5.92 Å². The molecule has 0 heterocycles. The van der Waals surface area contributed by atoms with Crippen molar-refractivity contribution in [3.63, 3.8) is 0 Å². The molecule has 0 fully saturated rings. The summed E-state index contributed by atoms with van der Waals surface area (Å²) < 4.78 is 0. The summed E-state index contributed by atoms with van der Waals surface area (Å²) >= 11 is 0. The highest BCUT2D eigenvalue weighted by Gasteiger charge is 2.11. The Balaban J connectivity index is 2.17. The molecule has 1 atom stereocenters. The van der Waals surface area contributed by atoms with E-state index >= 15 is 0 Å². The van der Waals surface area contributed by atoms with Gasteiger partial charge in [0.25, 0.3) is 0 Å². The first-order valence-electron chi connectivity index (χ1n) is 9.03. The van der Waals surface area contributed by atoms with Crippen molar-refractivity contribution in [1.82, 2.24) is 0 Å². The lowest BCUT2D eigenvalue weighted by atomic mass is 9.96. The van der Waals surface area contributed by atoms with Crippen molar-refractivity contribution in [2.24, 2.45) is 5.73 Å². The minimum atomic E-state index is -0.250. The fourth-order valence-electron chi connectivity index (χ4n) is 2.82. The average molecular weight is 303 g/mol. The Hall–Kier alpha value is -1.31. The quantitative estimate of drug-likeness (QED) is 0.520. The number of hydrogen-bond donors (Lipinski definition) is 1. The molecule has 0 aliphatic heterocycles. The van der Waals surface area contributed by atoms with Gasteiger partial charge in [0.15, 0.2) is 0 Å². The second kappa shape index (κ2) is 11.3. The molecule has 124 valence electrons. The Kier molecular flexibility index (Phi) is 9.61. The van der Waals surface area contributed by atoms with Crippen molar-refractivity contribution in [2.75, 3.05) is 0 Å². The maximum absolute atomic E-state index is 11.3. The van der Waals surface area contributed by atoms with Crippen molar-refractivity contribution in [1.29, 1.82) is 0 Å². The third kappa shape index (κ3) is 7.63. The van der Waals surface area contributed by atoms with E-state index < -0.39 is 0 Å². The number of benzene rings is 1. The molecule has 0 radical (unpaired) electrons. The van der Waals surface area contributed by atoms with Crippen LogP contribution in [0.15, 0.2) is 24.3 Å². The van der Waals surface area contributed by atoms with Crippen LogP contribution in [0.1, 0.15) is 88.7 Å². The van der Waals surface area contributed by atoms with Crippen LogP contribution in [-0.2, 0) is 11.2 Å². The second-order valence-electron chi connectivity index (χ2n) is 6.45. The summed E-state index contributed by atoms with van der Waals surface area (Å²) in [5.74, 6) is -0.441. The lowest BCUT2D eigenvalue weighted by Gasteiger charge is -2.09. The van der Waals surface area contributed by atoms with Gasteiger partial charge < -0.3 is 5.73 Å². The van der Waals surface area contributed by atoms with Gasteiger partial charge >= 0.3 is 0 Å². The molecule has 0 spiro atoms. The fraction of sp³-hybridized carbons (Fsp3) is 0.650. The Morgan fingerprint density at radius 1 is 1.00 bits per heavy atom. The van der Waals surface area contributed by atoms with Crippen LogP contribution in [0.2, 0.25) is 0 Å². The van der Waals surface area contributed by atoms with Crippen LogP contribution in [0.5, 0.6) is 0 Å². The van der Waals surface area contributed by atoms with E-state index in [1.54, 1.807) is 0 Å². The van der Waals surface area contributed by atoms with Gasteiger partial charge in [-0.2, -0.15) is 0 Å². The van der Waals surface area contributed by atoms with Crippen molar-refractivity contribution >= 4 is 5.91 Å². The van der Waals surface area contributed by atoms with E-state index in [9.17, 15) is 4.79 Å². The van der Waals surface area contributed by atoms with Crippen molar-refractivity contribution in [3.05, 3.63) is 35.4 Å². The summed E-state index contributed by atoms with van der Waals surface area (Å²) in [4.78, 5) is 11.3.